The van der Waals surface area contributed by atoms with Crippen LogP contribution in [0.1, 0.15) is 0 Å². The molecule has 0 bridgehead atoms. The number of nitrogens with zero attached hydrogens (tertiary/aromatic N) is 2. The zero-order chi connectivity index (χ0) is 16.2. The van der Waals surface area contributed by atoms with Crippen molar-refractivity contribution in [2.75, 3.05) is 5.32 Å². The topological polar surface area (TPSA) is 98.9 Å². The minimum Gasteiger partial charge on any atom is -0.357 e. The maximum absolute atomic E-state index is 6.23. The molecule has 0 aliphatic carbocycles. The average molecular weight is 352 g/mol. The fourth-order valence-electron chi connectivity index (χ4n) is 2.28. The van der Waals surface area contributed by atoms with Crippen LogP contribution in [0.5, 0.6) is 0 Å². The Morgan fingerprint density at radius 1 is 1.00 bits per heavy atom. The predicted octanol–water partition coefficient (Wildman–Crippen LogP) is 2.66. The molecule has 7 nitrogen and oxygen atoms in total. The van der Waals surface area contributed by atoms with Gasteiger partial charge in [0.2, 0.25) is 0 Å². The molecule has 0 amide bonds. The minimum atomic E-state index is -0.376. The van der Waals surface area contributed by atoms with Gasteiger partial charge in [-0.2, -0.15) is 0 Å². The van der Waals surface area contributed by atoms with Gasteiger partial charge >= 0.3 is 0 Å². The maximum Gasteiger partial charge on any atom is 0.191 e. The summed E-state index contributed by atoms with van der Waals surface area (Å²) in [6, 6.07) is 13.2. The van der Waals surface area contributed by atoms with Crippen molar-refractivity contribution in [1.82, 2.24) is 16.2 Å². The third-order valence-corrected chi connectivity index (χ3v) is 3.95. The number of hydrogen-bond acceptors (Lipinski definition) is 6. The molecule has 9 heteroatoms. The van der Waals surface area contributed by atoms with E-state index < -0.39 is 0 Å². The van der Waals surface area contributed by atoms with Gasteiger partial charge in [0.05, 0.1) is 0 Å². The SMILES string of the molecule is NN=NC1NNC(Nc2ccc(-c3c(Cl)cccc3Cl)cc2)N1. The molecule has 1 saturated heterocycles. The molecule has 0 aromatic heterocycles. The van der Waals surface area contributed by atoms with Gasteiger partial charge in [-0.3, -0.25) is 0 Å². The van der Waals surface area contributed by atoms with Crippen molar-refractivity contribution < 1.29 is 0 Å². The summed E-state index contributed by atoms with van der Waals surface area (Å²) in [6.45, 7) is 0. The van der Waals surface area contributed by atoms with Crippen molar-refractivity contribution >= 4 is 28.9 Å². The van der Waals surface area contributed by atoms with Gasteiger partial charge in [0, 0.05) is 21.3 Å². The summed E-state index contributed by atoms with van der Waals surface area (Å²) < 4.78 is 0. The first-order valence-electron chi connectivity index (χ1n) is 6.85. The fraction of sp³-hybridized carbons (Fsp3) is 0.143. The van der Waals surface area contributed by atoms with E-state index in [1.807, 2.05) is 42.5 Å². The number of anilines is 1. The van der Waals surface area contributed by atoms with Gasteiger partial charge in [0.1, 0.15) is 6.29 Å². The van der Waals surface area contributed by atoms with Crippen molar-refractivity contribution in [3.05, 3.63) is 52.5 Å². The molecule has 3 rings (SSSR count). The zero-order valence-electron chi connectivity index (χ0n) is 11.9. The Kier molecular flexibility index (Phi) is 4.94. The normalized spacial score (nSPS) is 21.0. The molecule has 1 aliphatic heterocycles. The quantitative estimate of drug-likeness (QED) is 0.331. The van der Waals surface area contributed by atoms with Crippen molar-refractivity contribution in [3.63, 3.8) is 0 Å². The number of nitrogens with two attached hydrogens (primary N) is 1. The monoisotopic (exact) mass is 351 g/mol. The van der Waals surface area contributed by atoms with Crippen LogP contribution in [0.4, 0.5) is 5.69 Å². The summed E-state index contributed by atoms with van der Waals surface area (Å²) in [5.41, 5.74) is 8.55. The molecular formula is C14H15Cl2N7. The van der Waals surface area contributed by atoms with Crippen molar-refractivity contribution in [3.8, 4) is 11.1 Å². The lowest BCUT2D eigenvalue weighted by Gasteiger charge is -2.14. The number of nitrogens with one attached hydrogen (secondary N) is 4. The fourth-order valence-corrected chi connectivity index (χ4v) is 2.90. The van der Waals surface area contributed by atoms with E-state index in [-0.39, 0.29) is 12.6 Å². The molecule has 2 unspecified atom stereocenters. The summed E-state index contributed by atoms with van der Waals surface area (Å²) in [5, 5.41) is 14.5. The smallest absolute Gasteiger partial charge is 0.191 e. The summed E-state index contributed by atoms with van der Waals surface area (Å²) in [5.74, 6) is 5.01. The second-order valence-corrected chi connectivity index (χ2v) is 5.65. The lowest BCUT2D eigenvalue weighted by molar-refractivity contribution is 0.520. The van der Waals surface area contributed by atoms with Crippen LogP contribution < -0.4 is 27.3 Å². The molecule has 1 aliphatic rings. The van der Waals surface area contributed by atoms with E-state index in [1.165, 1.54) is 0 Å². The highest BCUT2D eigenvalue weighted by Crippen LogP contribution is 2.34. The third kappa shape index (κ3) is 3.72. The summed E-state index contributed by atoms with van der Waals surface area (Å²) in [7, 11) is 0. The first-order valence-corrected chi connectivity index (χ1v) is 7.61. The van der Waals surface area contributed by atoms with Crippen LogP contribution in [-0.2, 0) is 0 Å². The van der Waals surface area contributed by atoms with E-state index in [0.717, 1.165) is 16.8 Å². The Balaban J connectivity index is 1.71. The molecule has 2 atom stereocenters. The number of hydrazine groups is 1. The van der Waals surface area contributed by atoms with Crippen LogP contribution in [0, 0.1) is 0 Å². The highest BCUT2D eigenvalue weighted by atomic mass is 35.5. The Bertz CT molecular complexity index is 685. The van der Waals surface area contributed by atoms with Crippen LogP contribution in [0.15, 0.2) is 52.8 Å². The predicted molar refractivity (Wildman–Crippen MR) is 91.5 cm³/mol. The van der Waals surface area contributed by atoms with E-state index in [0.29, 0.717) is 10.0 Å². The van der Waals surface area contributed by atoms with E-state index in [9.17, 15) is 0 Å². The van der Waals surface area contributed by atoms with Crippen molar-refractivity contribution in [1.29, 1.82) is 0 Å². The van der Waals surface area contributed by atoms with Gasteiger partial charge in [-0.05, 0) is 29.8 Å². The van der Waals surface area contributed by atoms with Gasteiger partial charge in [-0.15, -0.1) is 5.11 Å². The van der Waals surface area contributed by atoms with Gasteiger partial charge in [-0.25, -0.2) is 16.2 Å². The van der Waals surface area contributed by atoms with E-state index >= 15 is 0 Å². The largest absolute Gasteiger partial charge is 0.357 e. The Morgan fingerprint density at radius 2 is 1.70 bits per heavy atom. The molecule has 2 aromatic rings. The van der Waals surface area contributed by atoms with Crippen LogP contribution in [0.25, 0.3) is 11.1 Å². The van der Waals surface area contributed by atoms with Gasteiger partial charge in [-0.1, -0.05) is 46.6 Å². The third-order valence-electron chi connectivity index (χ3n) is 3.32. The second kappa shape index (κ2) is 7.12. The van der Waals surface area contributed by atoms with Gasteiger partial charge in [0.15, 0.2) is 6.29 Å². The van der Waals surface area contributed by atoms with Gasteiger partial charge in [0.25, 0.3) is 0 Å². The van der Waals surface area contributed by atoms with Crippen LogP contribution in [0.3, 0.4) is 0 Å². The van der Waals surface area contributed by atoms with Crippen LogP contribution in [0.2, 0.25) is 10.0 Å². The highest BCUT2D eigenvalue weighted by Gasteiger charge is 2.21. The Morgan fingerprint density at radius 3 is 2.35 bits per heavy atom. The zero-order valence-corrected chi connectivity index (χ0v) is 13.4. The summed E-state index contributed by atoms with van der Waals surface area (Å²) in [4.78, 5) is 0. The molecule has 0 saturated carbocycles. The molecule has 0 radical (unpaired) electrons. The average Bonchev–Trinajstić information content (AvgIpc) is 2.96. The molecule has 120 valence electrons. The number of benzene rings is 2. The molecule has 6 N–H and O–H groups in total. The Labute approximate surface area is 143 Å². The van der Waals surface area contributed by atoms with E-state index in [4.69, 9.17) is 29.0 Å². The lowest BCUT2D eigenvalue weighted by Crippen LogP contribution is -2.40. The van der Waals surface area contributed by atoms with Crippen LogP contribution >= 0.6 is 23.2 Å². The van der Waals surface area contributed by atoms with Crippen LogP contribution in [-0.4, -0.2) is 12.6 Å². The summed E-state index contributed by atoms with van der Waals surface area (Å²) in [6.07, 6.45) is -0.584. The molecule has 2 aromatic carbocycles. The molecule has 1 heterocycles. The number of hydrogen-bond donors (Lipinski definition) is 5. The molecule has 1 fully saturated rings. The standard InChI is InChI=1S/C14H15Cl2N7/c15-10-2-1-3-11(16)12(10)8-4-6-9(7-5-8)18-13-19-14(21-20-13)22-23-17/h1-7,13-14,18-21H,(H2,17,22). The molecule has 23 heavy (non-hydrogen) atoms. The number of rotatable bonds is 4. The maximum atomic E-state index is 6.23. The first kappa shape index (κ1) is 16.0. The van der Waals surface area contributed by atoms with E-state index in [1.54, 1.807) is 0 Å². The summed E-state index contributed by atoms with van der Waals surface area (Å²) >= 11 is 12.5. The highest BCUT2D eigenvalue weighted by molar-refractivity contribution is 6.39. The lowest BCUT2D eigenvalue weighted by atomic mass is 10.1. The van der Waals surface area contributed by atoms with E-state index in [2.05, 4.69) is 31.8 Å². The van der Waals surface area contributed by atoms with Gasteiger partial charge < -0.3 is 11.2 Å². The van der Waals surface area contributed by atoms with Crippen molar-refractivity contribution in [2.24, 2.45) is 16.2 Å². The van der Waals surface area contributed by atoms with Crippen molar-refractivity contribution in [2.45, 2.75) is 12.6 Å². The number of halogens is 2. The Hall–Kier alpha value is -1.90. The molecular weight excluding hydrogens is 337 g/mol. The minimum absolute atomic E-state index is 0.208. The molecule has 0 spiro atoms. The first-order chi connectivity index (χ1) is 11.2. The second-order valence-electron chi connectivity index (χ2n) is 4.84.